The molecule has 0 atom stereocenters. The largest absolute Gasteiger partial charge is 0.0881 e. The third kappa shape index (κ3) is 1.03. The van der Waals surface area contributed by atoms with Gasteiger partial charge in [-0.1, -0.05) is 66.2 Å². The number of allylic oxidation sites excluding steroid dienone is 2. The fourth-order valence-electron chi connectivity index (χ4n) is 3.51. The highest BCUT2D eigenvalue weighted by Gasteiger charge is 2.45. The molecule has 0 amide bonds. The summed E-state index contributed by atoms with van der Waals surface area (Å²) in [5.74, 6) is 0.326. The second kappa shape index (κ2) is 3.27. The Morgan fingerprint density at radius 2 is 1.39 bits per heavy atom. The van der Waals surface area contributed by atoms with Gasteiger partial charge in [0.05, 0.1) is 5.41 Å². The molecule has 88 valence electrons. The first kappa shape index (κ1) is 10.4. The van der Waals surface area contributed by atoms with E-state index in [1.54, 1.807) is 0 Å². The summed E-state index contributed by atoms with van der Waals surface area (Å²) in [6.07, 6.45) is 2.21. The van der Waals surface area contributed by atoms with Crippen LogP contribution in [0.25, 0.3) is 0 Å². The minimum Gasteiger partial charge on any atom is -0.0881 e. The fourth-order valence-corrected chi connectivity index (χ4v) is 3.84. The molecule has 0 unspecified atom stereocenters. The van der Waals surface area contributed by atoms with Gasteiger partial charge in [-0.25, -0.2) is 0 Å². The van der Waals surface area contributed by atoms with E-state index in [1.165, 1.54) is 22.3 Å². The summed E-state index contributed by atoms with van der Waals surface area (Å²) < 4.78 is 0. The number of rotatable bonds is 0. The molecule has 3 aliphatic carbocycles. The molecule has 2 aromatic carbocycles. The van der Waals surface area contributed by atoms with Crippen LogP contribution >= 0.6 is 11.6 Å². The lowest BCUT2D eigenvalue weighted by molar-refractivity contribution is 0.623. The van der Waals surface area contributed by atoms with E-state index in [0.29, 0.717) is 5.92 Å². The maximum Gasteiger partial charge on any atom is 0.0533 e. The number of benzene rings is 2. The van der Waals surface area contributed by atoms with Crippen LogP contribution < -0.4 is 0 Å². The van der Waals surface area contributed by atoms with Crippen molar-refractivity contribution in [3.63, 3.8) is 0 Å². The number of halogens is 1. The van der Waals surface area contributed by atoms with Crippen LogP contribution in [0.5, 0.6) is 0 Å². The van der Waals surface area contributed by atoms with Gasteiger partial charge in [0.1, 0.15) is 0 Å². The third-order valence-electron chi connectivity index (χ3n) is 4.46. The summed E-state index contributed by atoms with van der Waals surface area (Å²) >= 11 is 6.57. The molecule has 0 radical (unpaired) electrons. The van der Waals surface area contributed by atoms with Crippen molar-refractivity contribution >= 4 is 11.6 Å². The highest BCUT2D eigenvalue weighted by atomic mass is 35.5. The molecule has 2 bridgehead atoms. The Hall–Kier alpha value is -1.53. The number of hydrogen-bond acceptors (Lipinski definition) is 0. The first-order valence-electron chi connectivity index (χ1n) is 6.29. The average molecular weight is 253 g/mol. The van der Waals surface area contributed by atoms with E-state index in [2.05, 4.69) is 61.5 Å². The Balaban J connectivity index is 2.15. The van der Waals surface area contributed by atoms with Crippen molar-refractivity contribution in [1.82, 2.24) is 0 Å². The van der Waals surface area contributed by atoms with Gasteiger partial charge < -0.3 is 0 Å². The molecule has 5 rings (SSSR count). The number of hydrogen-bond donors (Lipinski definition) is 0. The smallest absolute Gasteiger partial charge is 0.0533 e. The molecule has 0 fully saturated rings. The minimum atomic E-state index is -0.163. The molecule has 0 N–H and O–H groups in total. The lowest BCUT2D eigenvalue weighted by Crippen LogP contribution is -2.36. The molecule has 0 nitrogen and oxygen atoms in total. The van der Waals surface area contributed by atoms with Crippen molar-refractivity contribution in [2.24, 2.45) is 0 Å². The van der Waals surface area contributed by atoms with Crippen molar-refractivity contribution in [1.29, 1.82) is 0 Å². The van der Waals surface area contributed by atoms with Crippen molar-refractivity contribution in [3.8, 4) is 0 Å². The SMILES string of the molecule is CC12C(Cl)=CC(c3ccccc31)c1ccccc12. The first-order chi connectivity index (χ1) is 8.73. The zero-order valence-electron chi connectivity index (χ0n) is 10.2. The van der Waals surface area contributed by atoms with Crippen LogP contribution in [0.2, 0.25) is 0 Å². The van der Waals surface area contributed by atoms with Crippen LogP contribution in [0.4, 0.5) is 0 Å². The second-order valence-electron chi connectivity index (χ2n) is 5.29. The molecule has 1 heteroatoms. The molecule has 3 aliphatic rings. The monoisotopic (exact) mass is 252 g/mol. The lowest BCUT2D eigenvalue weighted by atomic mass is 9.60. The van der Waals surface area contributed by atoms with Crippen molar-refractivity contribution in [3.05, 3.63) is 81.9 Å². The van der Waals surface area contributed by atoms with Crippen molar-refractivity contribution in [2.75, 3.05) is 0 Å². The van der Waals surface area contributed by atoms with E-state index in [1.807, 2.05) is 0 Å². The van der Waals surface area contributed by atoms with Gasteiger partial charge in [0.15, 0.2) is 0 Å². The molecule has 2 aromatic rings. The van der Waals surface area contributed by atoms with Crippen molar-refractivity contribution < 1.29 is 0 Å². The predicted molar refractivity (Wildman–Crippen MR) is 75.1 cm³/mol. The van der Waals surface area contributed by atoms with Gasteiger partial charge in [-0.2, -0.15) is 0 Å². The summed E-state index contributed by atoms with van der Waals surface area (Å²) in [6.45, 7) is 2.24. The van der Waals surface area contributed by atoms with Gasteiger partial charge in [0, 0.05) is 11.0 Å². The molecule has 0 heterocycles. The summed E-state index contributed by atoms with van der Waals surface area (Å²) in [7, 11) is 0. The highest BCUT2D eigenvalue weighted by Crippen LogP contribution is 2.56. The van der Waals surface area contributed by atoms with Crippen molar-refractivity contribution in [2.45, 2.75) is 18.3 Å². The molecular weight excluding hydrogens is 240 g/mol. The molecule has 0 spiro atoms. The van der Waals surface area contributed by atoms with E-state index >= 15 is 0 Å². The van der Waals surface area contributed by atoms with Gasteiger partial charge >= 0.3 is 0 Å². The van der Waals surface area contributed by atoms with Crippen LogP contribution in [0, 0.1) is 0 Å². The molecule has 0 saturated carbocycles. The van der Waals surface area contributed by atoms with Crippen LogP contribution in [0.1, 0.15) is 35.1 Å². The van der Waals surface area contributed by atoms with E-state index < -0.39 is 0 Å². The Morgan fingerprint density at radius 1 is 0.889 bits per heavy atom. The van der Waals surface area contributed by atoms with Gasteiger partial charge in [-0.05, 0) is 29.2 Å². The minimum absolute atomic E-state index is 0.163. The Kier molecular flexibility index (Phi) is 1.89. The standard InChI is InChI=1S/C17H13Cl/c1-17-14-8-4-2-6-11(14)13(10-16(17)18)12-7-3-5-9-15(12)17/h2-10,13H,1H3. The summed E-state index contributed by atoms with van der Waals surface area (Å²) in [5.41, 5.74) is 5.37. The van der Waals surface area contributed by atoms with E-state index in [-0.39, 0.29) is 5.41 Å². The lowest BCUT2D eigenvalue weighted by Gasteiger charge is -2.45. The topological polar surface area (TPSA) is 0 Å². The average Bonchev–Trinajstić information content (AvgIpc) is 2.42. The summed E-state index contributed by atoms with van der Waals surface area (Å²) in [6, 6.07) is 17.3. The molecule has 0 aliphatic heterocycles. The van der Waals surface area contributed by atoms with Crippen LogP contribution in [0.15, 0.2) is 59.6 Å². The fraction of sp³-hybridized carbons (Fsp3) is 0.176. The molecular formula is C17H13Cl. The Labute approximate surface area is 112 Å². The van der Waals surface area contributed by atoms with E-state index in [9.17, 15) is 0 Å². The maximum atomic E-state index is 6.57. The Morgan fingerprint density at radius 3 is 1.94 bits per heavy atom. The second-order valence-corrected chi connectivity index (χ2v) is 5.70. The normalized spacial score (nSPS) is 27.4. The summed E-state index contributed by atoms with van der Waals surface area (Å²) in [4.78, 5) is 0. The first-order valence-corrected chi connectivity index (χ1v) is 6.67. The highest BCUT2D eigenvalue weighted by molar-refractivity contribution is 6.31. The van der Waals surface area contributed by atoms with Gasteiger partial charge in [0.2, 0.25) is 0 Å². The molecule has 0 aromatic heterocycles. The predicted octanol–water partition coefficient (Wildman–Crippen LogP) is 4.57. The van der Waals surface area contributed by atoms with Gasteiger partial charge in [-0.3, -0.25) is 0 Å². The third-order valence-corrected chi connectivity index (χ3v) is 4.96. The van der Waals surface area contributed by atoms with Crippen LogP contribution in [-0.2, 0) is 5.41 Å². The van der Waals surface area contributed by atoms with Gasteiger partial charge in [0.25, 0.3) is 0 Å². The zero-order chi connectivity index (χ0) is 12.3. The van der Waals surface area contributed by atoms with Crippen LogP contribution in [-0.4, -0.2) is 0 Å². The van der Waals surface area contributed by atoms with E-state index in [4.69, 9.17) is 11.6 Å². The van der Waals surface area contributed by atoms with E-state index in [0.717, 1.165) is 5.03 Å². The van der Waals surface area contributed by atoms with Crippen LogP contribution in [0.3, 0.4) is 0 Å². The van der Waals surface area contributed by atoms with Gasteiger partial charge in [-0.15, -0.1) is 0 Å². The summed E-state index contributed by atoms with van der Waals surface area (Å²) in [5, 5.41) is 0.963. The molecule has 18 heavy (non-hydrogen) atoms. The zero-order valence-corrected chi connectivity index (χ0v) is 10.9. The molecule has 0 saturated heterocycles. The maximum absolute atomic E-state index is 6.57. The Bertz CT molecular complexity index is 634. The quantitative estimate of drug-likeness (QED) is 0.644.